The third-order valence-corrected chi connectivity index (χ3v) is 6.66. The molecule has 2 heterocycles. The van der Waals surface area contributed by atoms with Crippen LogP contribution in [0.3, 0.4) is 0 Å². The average molecular weight is 463 g/mol. The summed E-state index contributed by atoms with van der Waals surface area (Å²) in [5, 5.41) is 4.22. The second-order valence-electron chi connectivity index (χ2n) is 9.18. The van der Waals surface area contributed by atoms with E-state index >= 15 is 0 Å². The zero-order chi connectivity index (χ0) is 24.2. The molecule has 1 amide bonds. The van der Waals surface area contributed by atoms with Gasteiger partial charge in [-0.2, -0.15) is 0 Å². The Kier molecular flexibility index (Phi) is 6.53. The molecule has 0 bridgehead atoms. The third-order valence-electron chi connectivity index (χ3n) is 6.66. The number of benzene rings is 3. The van der Waals surface area contributed by atoms with Gasteiger partial charge in [0, 0.05) is 36.0 Å². The summed E-state index contributed by atoms with van der Waals surface area (Å²) in [5.41, 5.74) is 7.23. The van der Waals surface area contributed by atoms with Gasteiger partial charge >= 0.3 is 0 Å². The van der Waals surface area contributed by atoms with Gasteiger partial charge in [-0.3, -0.25) is 4.79 Å². The molecule has 0 aliphatic carbocycles. The number of fused-ring (bicyclic) bond motifs is 1. The van der Waals surface area contributed by atoms with Gasteiger partial charge in [0.1, 0.15) is 5.76 Å². The summed E-state index contributed by atoms with van der Waals surface area (Å²) in [6.45, 7) is 5.40. The van der Waals surface area contributed by atoms with E-state index in [4.69, 9.17) is 4.42 Å². The highest BCUT2D eigenvalue weighted by Gasteiger charge is 2.24. The molecule has 3 aromatic carbocycles. The summed E-state index contributed by atoms with van der Waals surface area (Å²) in [4.78, 5) is 13.1. The van der Waals surface area contributed by atoms with Crippen LogP contribution in [0.25, 0.3) is 10.9 Å². The van der Waals surface area contributed by atoms with Gasteiger partial charge in [0.15, 0.2) is 0 Å². The molecule has 0 saturated heterocycles. The van der Waals surface area contributed by atoms with Crippen LogP contribution in [0.2, 0.25) is 0 Å². The minimum atomic E-state index is -0.0584. The molecule has 4 heteroatoms. The number of rotatable bonds is 8. The van der Waals surface area contributed by atoms with Crippen LogP contribution in [-0.2, 0) is 17.9 Å². The minimum absolute atomic E-state index is 0.00465. The maximum absolute atomic E-state index is 13.1. The molecule has 0 radical (unpaired) electrons. The van der Waals surface area contributed by atoms with Gasteiger partial charge in [-0.15, -0.1) is 0 Å². The first-order valence-electron chi connectivity index (χ1n) is 12.1. The number of aryl methyl sites for hydroxylation is 2. The Bertz CT molecular complexity index is 1430. The fraction of sp³-hybridized carbons (Fsp3) is 0.194. The first kappa shape index (κ1) is 22.7. The number of amides is 1. The Labute approximate surface area is 206 Å². The van der Waals surface area contributed by atoms with Gasteiger partial charge in [-0.05, 0) is 54.3 Å². The Morgan fingerprint density at radius 2 is 1.66 bits per heavy atom. The summed E-state index contributed by atoms with van der Waals surface area (Å²) >= 11 is 0. The monoisotopic (exact) mass is 462 g/mol. The Morgan fingerprint density at radius 3 is 2.43 bits per heavy atom. The van der Waals surface area contributed by atoms with E-state index in [1.807, 2.05) is 18.2 Å². The SMILES string of the molecule is Cc1ccc(Cn2cc(C(CC(=O)NCc3ccco3)c3ccccc3C)c3ccccc32)cc1. The van der Waals surface area contributed by atoms with Crippen molar-refractivity contribution in [3.63, 3.8) is 0 Å². The maximum atomic E-state index is 13.1. The molecular weight excluding hydrogens is 432 g/mol. The van der Waals surface area contributed by atoms with E-state index in [0.29, 0.717) is 13.0 Å². The predicted molar refractivity (Wildman–Crippen MR) is 140 cm³/mol. The van der Waals surface area contributed by atoms with Crippen molar-refractivity contribution in [3.05, 3.63) is 131 Å². The van der Waals surface area contributed by atoms with Gasteiger partial charge < -0.3 is 14.3 Å². The number of hydrogen-bond donors (Lipinski definition) is 1. The lowest BCUT2D eigenvalue weighted by Gasteiger charge is -2.19. The Balaban J connectivity index is 1.52. The average Bonchev–Trinajstić information content (AvgIpc) is 3.52. The molecule has 1 unspecified atom stereocenters. The summed E-state index contributed by atoms with van der Waals surface area (Å²) in [6.07, 6.45) is 4.23. The zero-order valence-electron chi connectivity index (χ0n) is 20.2. The number of carbonyl (C=O) groups is 1. The van der Waals surface area contributed by atoms with Gasteiger partial charge in [0.05, 0.1) is 12.8 Å². The van der Waals surface area contributed by atoms with E-state index in [9.17, 15) is 4.79 Å². The van der Waals surface area contributed by atoms with Gasteiger partial charge in [-0.25, -0.2) is 0 Å². The molecule has 0 saturated carbocycles. The number of nitrogens with one attached hydrogen (secondary N) is 1. The summed E-state index contributed by atoms with van der Waals surface area (Å²) in [7, 11) is 0. The van der Waals surface area contributed by atoms with Gasteiger partial charge in [-0.1, -0.05) is 72.3 Å². The fourth-order valence-corrected chi connectivity index (χ4v) is 4.80. The van der Waals surface area contributed by atoms with Gasteiger partial charge in [0.2, 0.25) is 5.91 Å². The van der Waals surface area contributed by atoms with Crippen molar-refractivity contribution >= 4 is 16.8 Å². The molecule has 0 fully saturated rings. The second-order valence-corrected chi connectivity index (χ2v) is 9.18. The molecule has 0 spiro atoms. The first-order valence-corrected chi connectivity index (χ1v) is 12.1. The first-order chi connectivity index (χ1) is 17.1. The van der Waals surface area contributed by atoms with Crippen molar-refractivity contribution < 1.29 is 9.21 Å². The minimum Gasteiger partial charge on any atom is -0.467 e. The summed E-state index contributed by atoms with van der Waals surface area (Å²) < 4.78 is 7.69. The van der Waals surface area contributed by atoms with Crippen molar-refractivity contribution in [1.29, 1.82) is 0 Å². The number of carbonyl (C=O) groups excluding carboxylic acids is 1. The number of aromatic nitrogens is 1. The molecular formula is C31H30N2O2. The van der Waals surface area contributed by atoms with E-state index in [-0.39, 0.29) is 11.8 Å². The number of hydrogen-bond acceptors (Lipinski definition) is 2. The lowest BCUT2D eigenvalue weighted by atomic mass is 9.85. The van der Waals surface area contributed by atoms with E-state index in [2.05, 4.69) is 96.7 Å². The van der Waals surface area contributed by atoms with Crippen LogP contribution in [0.5, 0.6) is 0 Å². The topological polar surface area (TPSA) is 47.2 Å². The molecule has 4 nitrogen and oxygen atoms in total. The highest BCUT2D eigenvalue weighted by molar-refractivity contribution is 5.87. The second kappa shape index (κ2) is 10.1. The summed E-state index contributed by atoms with van der Waals surface area (Å²) in [5.74, 6) is 0.697. The number of furan rings is 1. The molecule has 176 valence electrons. The highest BCUT2D eigenvalue weighted by Crippen LogP contribution is 2.36. The van der Waals surface area contributed by atoms with Crippen molar-refractivity contribution in [2.75, 3.05) is 0 Å². The van der Waals surface area contributed by atoms with Crippen molar-refractivity contribution in [1.82, 2.24) is 9.88 Å². The third kappa shape index (κ3) is 5.07. The van der Waals surface area contributed by atoms with E-state index in [1.54, 1.807) is 6.26 Å². The van der Waals surface area contributed by atoms with E-state index in [1.165, 1.54) is 38.7 Å². The van der Waals surface area contributed by atoms with Crippen LogP contribution in [-0.4, -0.2) is 10.5 Å². The molecule has 2 aromatic heterocycles. The van der Waals surface area contributed by atoms with E-state index < -0.39 is 0 Å². The van der Waals surface area contributed by atoms with Crippen LogP contribution < -0.4 is 5.32 Å². The largest absolute Gasteiger partial charge is 0.467 e. The highest BCUT2D eigenvalue weighted by atomic mass is 16.3. The van der Waals surface area contributed by atoms with Crippen LogP contribution in [0.1, 0.15) is 45.9 Å². The van der Waals surface area contributed by atoms with Crippen molar-refractivity contribution in [2.45, 2.75) is 39.3 Å². The standard InChI is InChI=1S/C31H30N2O2/c1-22-13-15-24(16-14-22)20-33-21-29(27-11-5-6-12-30(27)33)28(26-10-4-3-8-23(26)2)18-31(34)32-19-25-9-7-17-35-25/h3-17,21,28H,18-20H2,1-2H3,(H,32,34). The van der Waals surface area contributed by atoms with Crippen LogP contribution in [0, 0.1) is 13.8 Å². The Hall–Kier alpha value is -4.05. The van der Waals surface area contributed by atoms with Crippen LogP contribution in [0.4, 0.5) is 0 Å². The van der Waals surface area contributed by atoms with Gasteiger partial charge in [0.25, 0.3) is 0 Å². The normalized spacial score (nSPS) is 12.1. The quantitative estimate of drug-likeness (QED) is 0.278. The fourth-order valence-electron chi connectivity index (χ4n) is 4.80. The smallest absolute Gasteiger partial charge is 0.221 e. The lowest BCUT2D eigenvalue weighted by molar-refractivity contribution is -0.121. The molecule has 0 aliphatic rings. The molecule has 1 atom stereocenters. The zero-order valence-corrected chi connectivity index (χ0v) is 20.2. The molecule has 0 aliphatic heterocycles. The van der Waals surface area contributed by atoms with Crippen LogP contribution >= 0.6 is 0 Å². The molecule has 35 heavy (non-hydrogen) atoms. The number of para-hydroxylation sites is 1. The predicted octanol–water partition coefficient (Wildman–Crippen LogP) is 6.74. The van der Waals surface area contributed by atoms with Crippen molar-refractivity contribution in [2.24, 2.45) is 0 Å². The molecule has 1 N–H and O–H groups in total. The van der Waals surface area contributed by atoms with E-state index in [0.717, 1.165) is 12.3 Å². The van der Waals surface area contributed by atoms with Crippen LogP contribution in [0.15, 0.2) is 102 Å². The Morgan fingerprint density at radius 1 is 0.886 bits per heavy atom. The maximum Gasteiger partial charge on any atom is 0.221 e. The van der Waals surface area contributed by atoms with Crippen molar-refractivity contribution in [3.8, 4) is 0 Å². The lowest BCUT2D eigenvalue weighted by Crippen LogP contribution is -2.25. The molecule has 5 rings (SSSR count). The molecule has 5 aromatic rings. The summed E-state index contributed by atoms with van der Waals surface area (Å²) in [6, 6.07) is 29.2. The number of nitrogens with zero attached hydrogens (tertiary/aromatic N) is 1.